The van der Waals surface area contributed by atoms with E-state index in [-0.39, 0.29) is 18.6 Å². The first-order valence-corrected chi connectivity index (χ1v) is 8.86. The lowest BCUT2D eigenvalue weighted by Gasteiger charge is -2.24. The maximum absolute atomic E-state index is 13.4. The third kappa shape index (κ3) is 5.07. The molecular formula is C13H18FN2O7P. The molecule has 0 saturated carbocycles. The van der Waals surface area contributed by atoms with Gasteiger partial charge in [0.15, 0.2) is 5.85 Å². The van der Waals surface area contributed by atoms with Crippen molar-refractivity contribution < 1.29 is 33.4 Å². The fourth-order valence-electron chi connectivity index (χ4n) is 1.99. The van der Waals surface area contributed by atoms with Crippen LogP contribution in [0.25, 0.3) is 0 Å². The van der Waals surface area contributed by atoms with Crippen molar-refractivity contribution in [1.82, 2.24) is 0 Å². The number of halogens is 1. The lowest BCUT2D eigenvalue weighted by molar-refractivity contribution is -0.387. The highest BCUT2D eigenvalue weighted by atomic mass is 31.2. The predicted octanol–water partition coefficient (Wildman–Crippen LogP) is 1.84. The molecule has 1 aromatic rings. The van der Waals surface area contributed by atoms with Crippen LogP contribution in [0.4, 0.5) is 10.1 Å². The number of nitro benzene ring substituents is 1. The van der Waals surface area contributed by atoms with Gasteiger partial charge < -0.3 is 20.5 Å². The van der Waals surface area contributed by atoms with Gasteiger partial charge in [-0.15, -0.1) is 0 Å². The van der Waals surface area contributed by atoms with Crippen LogP contribution in [-0.4, -0.2) is 39.7 Å². The van der Waals surface area contributed by atoms with Gasteiger partial charge in [-0.3, -0.25) is 19.5 Å². The highest BCUT2D eigenvalue weighted by Crippen LogP contribution is 2.57. The zero-order chi connectivity index (χ0) is 18.5. The van der Waals surface area contributed by atoms with Crippen LogP contribution >= 0.6 is 7.37 Å². The molecule has 0 radical (unpaired) electrons. The summed E-state index contributed by atoms with van der Waals surface area (Å²) < 4.78 is 31.1. The second kappa shape index (κ2) is 8.29. The number of hydrogen-bond acceptors (Lipinski definition) is 6. The van der Waals surface area contributed by atoms with Gasteiger partial charge >= 0.3 is 11.7 Å². The van der Waals surface area contributed by atoms with Gasteiger partial charge in [0.2, 0.25) is 13.2 Å². The van der Waals surface area contributed by atoms with E-state index in [1.165, 1.54) is 0 Å². The number of benzene rings is 1. The molecule has 11 heteroatoms. The molecule has 0 aliphatic heterocycles. The molecule has 1 aromatic carbocycles. The first-order valence-electron chi connectivity index (χ1n) is 6.95. The van der Waals surface area contributed by atoms with E-state index in [9.17, 15) is 28.8 Å². The molecular weight excluding hydrogens is 346 g/mol. The summed E-state index contributed by atoms with van der Waals surface area (Å²) in [5, 5.41) is 19.5. The fraction of sp³-hybridized carbons (Fsp3) is 0.462. The molecule has 0 fully saturated rings. The zero-order valence-corrected chi connectivity index (χ0v) is 13.7. The highest BCUT2D eigenvalue weighted by Gasteiger charge is 2.35. The van der Waals surface area contributed by atoms with Crippen LogP contribution in [0.5, 0.6) is 0 Å². The summed E-state index contributed by atoms with van der Waals surface area (Å²) in [7, 11) is -4.11. The van der Waals surface area contributed by atoms with Crippen molar-refractivity contribution >= 4 is 19.0 Å². The van der Waals surface area contributed by atoms with E-state index < -0.39 is 47.8 Å². The fourth-order valence-corrected chi connectivity index (χ4v) is 3.88. The minimum absolute atomic E-state index is 0.0192. The molecule has 4 N–H and O–H groups in total. The van der Waals surface area contributed by atoms with Crippen molar-refractivity contribution in [2.24, 2.45) is 5.73 Å². The number of carboxylic acid groups (broad SMARTS) is 1. The number of carbonyl (C=O) groups is 1. The Balaban J connectivity index is 3.13. The van der Waals surface area contributed by atoms with Crippen molar-refractivity contribution in [2.45, 2.75) is 25.2 Å². The maximum atomic E-state index is 13.4. The quantitative estimate of drug-likeness (QED) is 0.341. The number of nitrogens with two attached hydrogens (primary N) is 1. The van der Waals surface area contributed by atoms with Gasteiger partial charge in [-0.1, -0.05) is 6.07 Å². The molecule has 0 heterocycles. The second-order valence-corrected chi connectivity index (χ2v) is 7.42. The van der Waals surface area contributed by atoms with E-state index in [0.29, 0.717) is 0 Å². The number of hydrogen-bond donors (Lipinski definition) is 3. The minimum Gasteiger partial charge on any atom is -0.480 e. The summed E-state index contributed by atoms with van der Waals surface area (Å²) in [4.78, 5) is 30.8. The molecule has 24 heavy (non-hydrogen) atoms. The van der Waals surface area contributed by atoms with Crippen LogP contribution in [0.15, 0.2) is 18.2 Å². The number of carboxylic acids is 1. The maximum Gasteiger partial charge on any atom is 0.320 e. The molecule has 0 aliphatic rings. The monoisotopic (exact) mass is 364 g/mol. The Morgan fingerprint density at radius 2 is 2.17 bits per heavy atom. The Morgan fingerprint density at radius 1 is 1.54 bits per heavy atom. The first kappa shape index (κ1) is 20.2. The number of ether oxygens (including phenoxy) is 1. The van der Waals surface area contributed by atoms with Crippen LogP contribution < -0.4 is 5.73 Å². The summed E-state index contributed by atoms with van der Waals surface area (Å²) in [5.41, 5.74) is 4.42. The Kier molecular flexibility index (Phi) is 6.97. The summed E-state index contributed by atoms with van der Waals surface area (Å²) in [6.45, 7) is 1.57. The van der Waals surface area contributed by atoms with Crippen molar-refractivity contribution in [1.29, 1.82) is 0 Å². The van der Waals surface area contributed by atoms with E-state index in [1.54, 1.807) is 6.92 Å². The second-order valence-electron chi connectivity index (χ2n) is 4.99. The van der Waals surface area contributed by atoms with E-state index in [1.807, 2.05) is 0 Å². The Morgan fingerprint density at radius 3 is 2.67 bits per heavy atom. The van der Waals surface area contributed by atoms with Crippen molar-refractivity contribution in [2.75, 3.05) is 12.8 Å². The molecule has 134 valence electrons. The normalized spacial score (nSPS) is 16.2. The Bertz CT molecular complexity index is 670. The van der Waals surface area contributed by atoms with E-state index in [4.69, 9.17) is 15.6 Å². The van der Waals surface area contributed by atoms with E-state index in [2.05, 4.69) is 0 Å². The van der Waals surface area contributed by atoms with Crippen LogP contribution in [0.2, 0.25) is 0 Å². The van der Waals surface area contributed by atoms with Gasteiger partial charge in [0.05, 0.1) is 4.92 Å². The Labute approximate surface area is 136 Å². The van der Waals surface area contributed by atoms with Crippen LogP contribution in [0, 0.1) is 15.9 Å². The lowest BCUT2D eigenvalue weighted by Crippen LogP contribution is -2.31. The number of nitrogens with zero attached hydrogens (tertiary/aromatic N) is 1. The molecule has 0 aromatic heterocycles. The summed E-state index contributed by atoms with van der Waals surface area (Å²) in [5.74, 6) is -3.84. The largest absolute Gasteiger partial charge is 0.480 e. The summed E-state index contributed by atoms with van der Waals surface area (Å²) in [6, 6.07) is 1.43. The number of aliphatic carboxylic acids is 1. The lowest BCUT2D eigenvalue weighted by atomic mass is 10.2. The third-order valence-corrected chi connectivity index (χ3v) is 5.30. The smallest absolute Gasteiger partial charge is 0.320 e. The van der Waals surface area contributed by atoms with E-state index >= 15 is 0 Å². The molecule has 0 aliphatic carbocycles. The van der Waals surface area contributed by atoms with Crippen LogP contribution in [0.3, 0.4) is 0 Å². The molecule has 0 bridgehead atoms. The van der Waals surface area contributed by atoms with Crippen LogP contribution in [0.1, 0.15) is 24.8 Å². The van der Waals surface area contributed by atoms with Crippen molar-refractivity contribution in [3.63, 3.8) is 0 Å². The van der Waals surface area contributed by atoms with Crippen molar-refractivity contribution in [3.8, 4) is 0 Å². The topological polar surface area (TPSA) is 153 Å². The van der Waals surface area contributed by atoms with Gasteiger partial charge in [-0.25, -0.2) is 0 Å². The molecule has 0 spiro atoms. The molecule has 0 saturated heterocycles. The predicted molar refractivity (Wildman–Crippen MR) is 82.3 cm³/mol. The first-order chi connectivity index (χ1) is 11.1. The number of rotatable bonds is 9. The third-order valence-electron chi connectivity index (χ3n) is 3.22. The highest BCUT2D eigenvalue weighted by molar-refractivity contribution is 7.58. The Hall–Kier alpha value is -1.87. The van der Waals surface area contributed by atoms with Gasteiger partial charge in [-0.05, 0) is 25.0 Å². The van der Waals surface area contributed by atoms with E-state index in [0.717, 1.165) is 18.2 Å². The van der Waals surface area contributed by atoms with Crippen LogP contribution in [-0.2, 0) is 14.1 Å². The molecule has 3 atom stereocenters. The molecule has 0 amide bonds. The molecule has 2 unspecified atom stereocenters. The van der Waals surface area contributed by atoms with Gasteiger partial charge in [0.25, 0.3) is 0 Å². The van der Waals surface area contributed by atoms with Gasteiger partial charge in [0, 0.05) is 18.8 Å². The van der Waals surface area contributed by atoms with Gasteiger partial charge in [-0.2, -0.15) is 4.39 Å². The molecule has 9 nitrogen and oxygen atoms in total. The minimum atomic E-state index is -4.11. The summed E-state index contributed by atoms with van der Waals surface area (Å²) >= 11 is 0. The average molecular weight is 364 g/mol. The zero-order valence-electron chi connectivity index (χ0n) is 12.8. The van der Waals surface area contributed by atoms with Gasteiger partial charge in [0.1, 0.15) is 6.04 Å². The standard InChI is InChI=1S/C13H18FN2O7P/c1-2-23-13(24(21,22)6-5-10(15)12(17)18)8-3-4-9(14)11(7-8)16(19)20/h3-4,7,10,13H,2,5-6,15H2,1H3,(H,17,18)(H,21,22)/t10-,13?/m0/s1. The average Bonchev–Trinajstić information content (AvgIpc) is 2.50. The number of nitro groups is 1. The summed E-state index contributed by atoms with van der Waals surface area (Å²) in [6.07, 6.45) is -0.744. The van der Waals surface area contributed by atoms with Crippen molar-refractivity contribution in [3.05, 3.63) is 39.7 Å². The molecule has 1 rings (SSSR count). The SMILES string of the molecule is CCOC(c1ccc(F)c([N+](=O)[O-])c1)P(=O)(O)CC[C@H](N)C(=O)O.